The van der Waals surface area contributed by atoms with Gasteiger partial charge in [-0.25, -0.2) is 0 Å². The zero-order valence-corrected chi connectivity index (χ0v) is 11.0. The summed E-state index contributed by atoms with van der Waals surface area (Å²) in [5.74, 6) is 0.614. The maximum Gasteiger partial charge on any atom is 0.223 e. The van der Waals surface area contributed by atoms with E-state index < -0.39 is 0 Å². The summed E-state index contributed by atoms with van der Waals surface area (Å²) in [6.45, 7) is 7.74. The van der Waals surface area contributed by atoms with Crippen molar-refractivity contribution >= 4 is 5.91 Å². The summed E-state index contributed by atoms with van der Waals surface area (Å²) < 4.78 is 5.37. The topological polar surface area (TPSA) is 64.3 Å². The summed E-state index contributed by atoms with van der Waals surface area (Å²) in [6.07, 6.45) is 1.74. The molecular formula is C13H24N2O2. The fourth-order valence-electron chi connectivity index (χ4n) is 2.75. The third kappa shape index (κ3) is 2.33. The van der Waals surface area contributed by atoms with Crippen LogP contribution in [0, 0.1) is 17.3 Å². The Kier molecular flexibility index (Phi) is 3.46. The molecule has 0 bridgehead atoms. The lowest BCUT2D eigenvalue weighted by Gasteiger charge is -2.51. The smallest absolute Gasteiger partial charge is 0.223 e. The Balaban J connectivity index is 1.89. The zero-order valence-electron chi connectivity index (χ0n) is 11.0. The largest absolute Gasteiger partial charge is 0.381 e. The van der Waals surface area contributed by atoms with Crippen molar-refractivity contribution in [3.63, 3.8) is 0 Å². The van der Waals surface area contributed by atoms with Crippen LogP contribution in [0.1, 0.15) is 33.6 Å². The van der Waals surface area contributed by atoms with Crippen LogP contribution in [-0.2, 0) is 9.53 Å². The van der Waals surface area contributed by atoms with Crippen LogP contribution in [0.4, 0.5) is 0 Å². The van der Waals surface area contributed by atoms with Crippen LogP contribution in [0.25, 0.3) is 0 Å². The van der Waals surface area contributed by atoms with Crippen molar-refractivity contribution in [2.75, 3.05) is 13.2 Å². The third-order valence-corrected chi connectivity index (χ3v) is 4.64. The molecule has 1 heterocycles. The van der Waals surface area contributed by atoms with Gasteiger partial charge >= 0.3 is 0 Å². The van der Waals surface area contributed by atoms with Crippen molar-refractivity contribution in [3.05, 3.63) is 0 Å². The molecule has 1 amide bonds. The standard InChI is InChI=1S/C13H24N2O2/c1-8-7-17-5-4-9(8)12(16)15-11-6-10(14)13(11,2)3/h8-11H,4-7,14H2,1-3H3,(H,15,16). The van der Waals surface area contributed by atoms with Crippen LogP contribution in [0.15, 0.2) is 0 Å². The lowest BCUT2D eigenvalue weighted by Crippen LogP contribution is -2.65. The molecular weight excluding hydrogens is 216 g/mol. The number of amides is 1. The molecule has 17 heavy (non-hydrogen) atoms. The average molecular weight is 240 g/mol. The van der Waals surface area contributed by atoms with E-state index in [1.54, 1.807) is 0 Å². The highest BCUT2D eigenvalue weighted by Gasteiger charge is 2.47. The molecule has 1 saturated heterocycles. The molecule has 4 nitrogen and oxygen atoms in total. The Hall–Kier alpha value is -0.610. The van der Waals surface area contributed by atoms with Gasteiger partial charge in [0, 0.05) is 36.6 Å². The van der Waals surface area contributed by atoms with E-state index in [0.29, 0.717) is 19.1 Å². The van der Waals surface area contributed by atoms with Gasteiger partial charge in [-0.05, 0) is 18.8 Å². The van der Waals surface area contributed by atoms with Crippen molar-refractivity contribution < 1.29 is 9.53 Å². The summed E-state index contributed by atoms with van der Waals surface area (Å²) >= 11 is 0. The second kappa shape index (κ2) is 4.58. The molecule has 0 spiro atoms. The minimum absolute atomic E-state index is 0.0318. The molecule has 0 aromatic heterocycles. The molecule has 1 aliphatic heterocycles. The van der Waals surface area contributed by atoms with Gasteiger partial charge in [-0.3, -0.25) is 4.79 Å². The summed E-state index contributed by atoms with van der Waals surface area (Å²) in [6, 6.07) is 0.444. The van der Waals surface area contributed by atoms with Crippen molar-refractivity contribution in [3.8, 4) is 0 Å². The third-order valence-electron chi connectivity index (χ3n) is 4.64. The number of rotatable bonds is 2. The molecule has 1 aliphatic carbocycles. The fourth-order valence-corrected chi connectivity index (χ4v) is 2.75. The van der Waals surface area contributed by atoms with Crippen LogP contribution in [-0.4, -0.2) is 31.2 Å². The van der Waals surface area contributed by atoms with Gasteiger partial charge in [-0.2, -0.15) is 0 Å². The molecule has 1 saturated carbocycles. The predicted molar refractivity (Wildman–Crippen MR) is 66.4 cm³/mol. The summed E-state index contributed by atoms with van der Waals surface area (Å²) in [7, 11) is 0. The number of ether oxygens (including phenoxy) is 1. The number of hydrogen-bond donors (Lipinski definition) is 2. The lowest BCUT2D eigenvalue weighted by molar-refractivity contribution is -0.133. The number of carbonyl (C=O) groups is 1. The quantitative estimate of drug-likeness (QED) is 0.754. The van der Waals surface area contributed by atoms with Gasteiger partial charge in [0.2, 0.25) is 5.91 Å². The molecule has 0 radical (unpaired) electrons. The highest BCUT2D eigenvalue weighted by Crippen LogP contribution is 2.39. The van der Waals surface area contributed by atoms with Crippen LogP contribution < -0.4 is 11.1 Å². The van der Waals surface area contributed by atoms with Crippen LogP contribution >= 0.6 is 0 Å². The van der Waals surface area contributed by atoms with Crippen LogP contribution in [0.5, 0.6) is 0 Å². The fraction of sp³-hybridized carbons (Fsp3) is 0.923. The van der Waals surface area contributed by atoms with E-state index in [9.17, 15) is 4.79 Å². The summed E-state index contributed by atoms with van der Waals surface area (Å²) in [5.41, 5.74) is 5.99. The van der Waals surface area contributed by atoms with Crippen molar-refractivity contribution in [1.82, 2.24) is 5.32 Å². The predicted octanol–water partition coefficient (Wildman–Crippen LogP) is 0.901. The van der Waals surface area contributed by atoms with E-state index in [2.05, 4.69) is 26.1 Å². The number of carbonyl (C=O) groups excluding carboxylic acids is 1. The molecule has 0 aromatic rings. The molecule has 2 rings (SSSR count). The van der Waals surface area contributed by atoms with Gasteiger partial charge in [0.25, 0.3) is 0 Å². The minimum Gasteiger partial charge on any atom is -0.381 e. The van der Waals surface area contributed by atoms with Crippen LogP contribution in [0.3, 0.4) is 0 Å². The molecule has 4 unspecified atom stereocenters. The number of nitrogens with one attached hydrogen (secondary N) is 1. The van der Waals surface area contributed by atoms with Crippen LogP contribution in [0.2, 0.25) is 0 Å². The first kappa shape index (κ1) is 12.8. The molecule has 2 fully saturated rings. The normalized spacial score (nSPS) is 40.5. The van der Waals surface area contributed by atoms with E-state index in [1.165, 1.54) is 0 Å². The van der Waals surface area contributed by atoms with E-state index in [4.69, 9.17) is 10.5 Å². The molecule has 98 valence electrons. The zero-order chi connectivity index (χ0) is 12.6. The SMILES string of the molecule is CC1COCCC1C(=O)NC1CC(N)C1(C)C. The first-order valence-corrected chi connectivity index (χ1v) is 6.56. The Labute approximate surface area is 103 Å². The molecule has 3 N–H and O–H groups in total. The second-order valence-electron chi connectivity index (χ2n) is 6.17. The van der Waals surface area contributed by atoms with Crippen molar-refractivity contribution in [1.29, 1.82) is 0 Å². The lowest BCUT2D eigenvalue weighted by atomic mass is 9.63. The van der Waals surface area contributed by atoms with Crippen molar-refractivity contribution in [2.45, 2.75) is 45.7 Å². The van der Waals surface area contributed by atoms with E-state index in [-0.39, 0.29) is 29.3 Å². The minimum atomic E-state index is 0.0318. The Bertz CT molecular complexity index is 304. The second-order valence-corrected chi connectivity index (χ2v) is 6.17. The molecule has 0 aromatic carbocycles. The van der Waals surface area contributed by atoms with Gasteiger partial charge in [-0.15, -0.1) is 0 Å². The monoisotopic (exact) mass is 240 g/mol. The van der Waals surface area contributed by atoms with E-state index in [1.807, 2.05) is 0 Å². The Morgan fingerprint density at radius 1 is 1.47 bits per heavy atom. The highest BCUT2D eigenvalue weighted by atomic mass is 16.5. The number of nitrogens with two attached hydrogens (primary N) is 1. The average Bonchev–Trinajstić information content (AvgIpc) is 2.29. The highest BCUT2D eigenvalue weighted by molar-refractivity contribution is 5.79. The summed E-state index contributed by atoms with van der Waals surface area (Å²) in [4.78, 5) is 12.2. The Morgan fingerprint density at radius 3 is 2.71 bits per heavy atom. The van der Waals surface area contributed by atoms with Gasteiger partial charge < -0.3 is 15.8 Å². The van der Waals surface area contributed by atoms with Gasteiger partial charge in [-0.1, -0.05) is 20.8 Å². The van der Waals surface area contributed by atoms with Gasteiger partial charge in [0.1, 0.15) is 0 Å². The Morgan fingerprint density at radius 2 is 2.18 bits per heavy atom. The first-order valence-electron chi connectivity index (χ1n) is 6.56. The van der Waals surface area contributed by atoms with E-state index in [0.717, 1.165) is 12.8 Å². The van der Waals surface area contributed by atoms with E-state index >= 15 is 0 Å². The first-order chi connectivity index (χ1) is 7.93. The molecule has 2 aliphatic rings. The van der Waals surface area contributed by atoms with Gasteiger partial charge in [0.15, 0.2) is 0 Å². The van der Waals surface area contributed by atoms with Gasteiger partial charge in [0.05, 0.1) is 0 Å². The number of hydrogen-bond acceptors (Lipinski definition) is 3. The molecule has 4 heteroatoms. The maximum atomic E-state index is 12.2. The van der Waals surface area contributed by atoms with Crippen molar-refractivity contribution in [2.24, 2.45) is 23.0 Å². The maximum absolute atomic E-state index is 12.2. The summed E-state index contributed by atoms with van der Waals surface area (Å²) in [5, 5.41) is 3.16. The molecule has 4 atom stereocenters.